The summed E-state index contributed by atoms with van der Waals surface area (Å²) in [5.74, 6) is 2.43. The van der Waals surface area contributed by atoms with Gasteiger partial charge in [-0.05, 0) is 49.2 Å². The van der Waals surface area contributed by atoms with Gasteiger partial charge in [0.1, 0.15) is 11.5 Å². The number of methoxy groups -OCH3 is 2. The van der Waals surface area contributed by atoms with Gasteiger partial charge < -0.3 is 18.9 Å². The molecule has 1 saturated heterocycles. The van der Waals surface area contributed by atoms with Gasteiger partial charge in [0.15, 0.2) is 0 Å². The molecule has 1 amide bonds. The highest BCUT2D eigenvalue weighted by Crippen LogP contribution is 2.30. The van der Waals surface area contributed by atoms with E-state index in [1.807, 2.05) is 41.3 Å². The summed E-state index contributed by atoms with van der Waals surface area (Å²) in [6.07, 6.45) is 1.78. The lowest BCUT2D eigenvalue weighted by molar-refractivity contribution is 0.0692. The van der Waals surface area contributed by atoms with Crippen molar-refractivity contribution in [2.75, 3.05) is 27.3 Å². The molecule has 0 unspecified atom stereocenters. The topological polar surface area (TPSA) is 77.7 Å². The molecule has 0 radical (unpaired) electrons. The number of carbonyl (C=O) groups excluding carboxylic acids is 1. The molecule has 1 aliphatic heterocycles. The molecule has 0 saturated carbocycles. The van der Waals surface area contributed by atoms with Crippen molar-refractivity contribution < 1.29 is 18.8 Å². The van der Waals surface area contributed by atoms with Gasteiger partial charge in [0, 0.05) is 18.7 Å². The van der Waals surface area contributed by atoms with E-state index in [1.165, 1.54) is 0 Å². The van der Waals surface area contributed by atoms with Crippen LogP contribution in [0.2, 0.25) is 0 Å². The summed E-state index contributed by atoms with van der Waals surface area (Å²) in [4.78, 5) is 19.4. The standard InChI is InChI=1S/C22H23N3O4/c1-27-17-11-9-15(10-12-17)20-23-21(29-24-20)16-6-5-13-25(14-16)22(26)18-7-3-4-8-19(18)28-2/h3-4,7-12,16H,5-6,13-14H2,1-2H3/t16-/m1/s1. The summed E-state index contributed by atoms with van der Waals surface area (Å²) in [5, 5.41) is 4.12. The predicted octanol–water partition coefficient (Wildman–Crippen LogP) is 3.77. The molecule has 2 heterocycles. The maximum absolute atomic E-state index is 13.0. The predicted molar refractivity (Wildman–Crippen MR) is 107 cm³/mol. The third-order valence-corrected chi connectivity index (χ3v) is 5.19. The van der Waals surface area contributed by atoms with E-state index in [2.05, 4.69) is 10.1 Å². The van der Waals surface area contributed by atoms with Crippen LogP contribution in [-0.2, 0) is 0 Å². The van der Waals surface area contributed by atoms with E-state index in [0.29, 0.717) is 36.1 Å². The van der Waals surface area contributed by atoms with Crippen LogP contribution >= 0.6 is 0 Å². The molecule has 7 heteroatoms. The average molecular weight is 393 g/mol. The fraction of sp³-hybridized carbons (Fsp3) is 0.318. The van der Waals surface area contributed by atoms with Crippen LogP contribution in [-0.4, -0.2) is 48.3 Å². The zero-order valence-electron chi connectivity index (χ0n) is 16.5. The van der Waals surface area contributed by atoms with Gasteiger partial charge in [0.2, 0.25) is 11.7 Å². The monoisotopic (exact) mass is 393 g/mol. The Morgan fingerprint density at radius 2 is 1.90 bits per heavy atom. The Labute approximate surface area is 169 Å². The molecule has 4 rings (SSSR count). The number of hydrogen-bond acceptors (Lipinski definition) is 6. The highest BCUT2D eigenvalue weighted by Gasteiger charge is 2.30. The molecule has 150 valence electrons. The van der Waals surface area contributed by atoms with Crippen molar-refractivity contribution >= 4 is 5.91 Å². The van der Waals surface area contributed by atoms with E-state index in [1.54, 1.807) is 26.4 Å². The van der Waals surface area contributed by atoms with Crippen LogP contribution < -0.4 is 9.47 Å². The average Bonchev–Trinajstić information content (AvgIpc) is 3.29. The normalized spacial score (nSPS) is 16.5. The van der Waals surface area contributed by atoms with Crippen molar-refractivity contribution in [3.8, 4) is 22.9 Å². The van der Waals surface area contributed by atoms with E-state index in [9.17, 15) is 4.79 Å². The zero-order valence-corrected chi connectivity index (χ0v) is 16.5. The molecule has 0 N–H and O–H groups in total. The Kier molecular flexibility index (Phi) is 5.46. The molecular weight excluding hydrogens is 370 g/mol. The maximum Gasteiger partial charge on any atom is 0.257 e. The van der Waals surface area contributed by atoms with Crippen molar-refractivity contribution in [1.82, 2.24) is 15.0 Å². The minimum absolute atomic E-state index is 0.0157. The number of nitrogens with zero attached hydrogens (tertiary/aromatic N) is 3. The molecule has 7 nitrogen and oxygen atoms in total. The molecule has 1 atom stereocenters. The van der Waals surface area contributed by atoms with Crippen LogP contribution in [0.4, 0.5) is 0 Å². The number of carbonyl (C=O) groups is 1. The highest BCUT2D eigenvalue weighted by atomic mass is 16.5. The molecule has 0 bridgehead atoms. The Hall–Kier alpha value is -3.35. The van der Waals surface area contributed by atoms with Crippen LogP contribution in [0.3, 0.4) is 0 Å². The summed E-state index contributed by atoms with van der Waals surface area (Å²) >= 11 is 0. The molecule has 3 aromatic rings. The molecule has 0 spiro atoms. The minimum Gasteiger partial charge on any atom is -0.497 e. The lowest BCUT2D eigenvalue weighted by Crippen LogP contribution is -2.39. The van der Waals surface area contributed by atoms with Crippen LogP contribution in [0.25, 0.3) is 11.4 Å². The lowest BCUT2D eigenvalue weighted by atomic mass is 9.97. The van der Waals surface area contributed by atoms with Crippen molar-refractivity contribution in [3.05, 3.63) is 60.0 Å². The first-order chi connectivity index (χ1) is 14.2. The minimum atomic E-state index is -0.0398. The Morgan fingerprint density at radius 1 is 1.10 bits per heavy atom. The highest BCUT2D eigenvalue weighted by molar-refractivity contribution is 5.97. The van der Waals surface area contributed by atoms with E-state index in [4.69, 9.17) is 14.0 Å². The van der Waals surface area contributed by atoms with Crippen LogP contribution in [0.5, 0.6) is 11.5 Å². The third-order valence-electron chi connectivity index (χ3n) is 5.19. The molecule has 2 aromatic carbocycles. The largest absolute Gasteiger partial charge is 0.497 e. The number of aromatic nitrogens is 2. The van der Waals surface area contributed by atoms with Crippen LogP contribution in [0.1, 0.15) is 35.0 Å². The second-order valence-corrected chi connectivity index (χ2v) is 6.98. The van der Waals surface area contributed by atoms with Crippen LogP contribution in [0.15, 0.2) is 53.1 Å². The van der Waals surface area contributed by atoms with Gasteiger partial charge in [-0.3, -0.25) is 4.79 Å². The molecule has 0 aliphatic carbocycles. The molecule has 1 aliphatic rings. The fourth-order valence-electron chi connectivity index (χ4n) is 3.61. The third kappa shape index (κ3) is 3.94. The van der Waals surface area contributed by atoms with E-state index in [0.717, 1.165) is 24.2 Å². The second-order valence-electron chi connectivity index (χ2n) is 6.98. The fourth-order valence-corrected chi connectivity index (χ4v) is 3.61. The second kappa shape index (κ2) is 8.34. The Bertz CT molecular complexity index is 984. The maximum atomic E-state index is 13.0. The number of likely N-dealkylation sites (tertiary alicyclic amines) is 1. The van der Waals surface area contributed by atoms with E-state index in [-0.39, 0.29) is 11.8 Å². The van der Waals surface area contributed by atoms with E-state index >= 15 is 0 Å². The van der Waals surface area contributed by atoms with Crippen molar-refractivity contribution in [2.24, 2.45) is 0 Å². The summed E-state index contributed by atoms with van der Waals surface area (Å²) in [7, 11) is 3.20. The molecule has 1 aromatic heterocycles. The van der Waals surface area contributed by atoms with Crippen LogP contribution in [0, 0.1) is 0 Å². The first-order valence-corrected chi connectivity index (χ1v) is 9.60. The van der Waals surface area contributed by atoms with Crippen molar-refractivity contribution in [2.45, 2.75) is 18.8 Å². The Balaban J connectivity index is 1.50. The van der Waals surface area contributed by atoms with Gasteiger partial charge in [-0.15, -0.1) is 0 Å². The number of benzene rings is 2. The quantitative estimate of drug-likeness (QED) is 0.657. The van der Waals surface area contributed by atoms with E-state index < -0.39 is 0 Å². The van der Waals surface area contributed by atoms with Crippen molar-refractivity contribution in [1.29, 1.82) is 0 Å². The molecule has 1 fully saturated rings. The first kappa shape index (κ1) is 19.0. The summed E-state index contributed by atoms with van der Waals surface area (Å²) in [6, 6.07) is 14.8. The zero-order chi connectivity index (χ0) is 20.2. The summed E-state index contributed by atoms with van der Waals surface area (Å²) < 4.78 is 16.1. The molecular formula is C22H23N3O4. The van der Waals surface area contributed by atoms with Gasteiger partial charge in [0.05, 0.1) is 25.7 Å². The number of para-hydroxylation sites is 1. The summed E-state index contributed by atoms with van der Waals surface area (Å²) in [5.41, 5.74) is 1.43. The molecule has 29 heavy (non-hydrogen) atoms. The number of piperidine rings is 1. The summed E-state index contributed by atoms with van der Waals surface area (Å²) in [6.45, 7) is 1.24. The Morgan fingerprint density at radius 3 is 2.66 bits per heavy atom. The van der Waals surface area contributed by atoms with Gasteiger partial charge in [-0.1, -0.05) is 17.3 Å². The van der Waals surface area contributed by atoms with Gasteiger partial charge in [-0.25, -0.2) is 0 Å². The lowest BCUT2D eigenvalue weighted by Gasteiger charge is -2.31. The smallest absolute Gasteiger partial charge is 0.257 e. The number of hydrogen-bond donors (Lipinski definition) is 0. The number of rotatable bonds is 5. The number of amides is 1. The van der Waals surface area contributed by atoms with Crippen molar-refractivity contribution in [3.63, 3.8) is 0 Å². The first-order valence-electron chi connectivity index (χ1n) is 9.60. The number of ether oxygens (including phenoxy) is 2. The van der Waals surface area contributed by atoms with Gasteiger partial charge in [-0.2, -0.15) is 4.98 Å². The van der Waals surface area contributed by atoms with Gasteiger partial charge >= 0.3 is 0 Å². The van der Waals surface area contributed by atoms with Gasteiger partial charge in [0.25, 0.3) is 5.91 Å². The SMILES string of the molecule is COc1ccc(-c2noc([C@@H]3CCCN(C(=O)c4ccccc4OC)C3)n2)cc1.